The molecule has 0 amide bonds. The zero-order chi connectivity index (χ0) is 20.7. The van der Waals surface area contributed by atoms with E-state index in [1.54, 1.807) is 0 Å². The molecule has 16 heteroatoms. The number of aliphatic hydroxyl groups is 2. The number of fused-ring (bicyclic) bond motifs is 1. The number of nitrogens with two attached hydrogens (primary N) is 1. The zero-order valence-electron chi connectivity index (χ0n) is 14.5. The summed E-state index contributed by atoms with van der Waals surface area (Å²) >= 11 is 19.3. The molecule has 6 unspecified atom stereocenters. The summed E-state index contributed by atoms with van der Waals surface area (Å²) in [5, 5.41) is 20.8. The normalized spacial score (nSPS) is 29.6. The minimum Gasteiger partial charge on any atom is -0.387 e. The van der Waals surface area contributed by atoms with Crippen molar-refractivity contribution in [3.8, 4) is 0 Å². The van der Waals surface area contributed by atoms with Crippen molar-refractivity contribution in [2.75, 3.05) is 25.4 Å². The third-order valence-corrected chi connectivity index (χ3v) is 14.0. The number of ether oxygens (including phenoxy) is 1. The first-order chi connectivity index (χ1) is 13.0. The Bertz CT molecular complexity index is 964. The van der Waals surface area contributed by atoms with Crippen LogP contribution in [-0.2, 0) is 37.4 Å². The Hall–Kier alpha value is 0.150. The second-order valence-corrected chi connectivity index (χ2v) is 19.4. The van der Waals surface area contributed by atoms with Crippen LogP contribution in [-0.4, -0.2) is 67.7 Å². The largest absolute Gasteiger partial charge is 0.387 e. The van der Waals surface area contributed by atoms with Crippen LogP contribution in [0.25, 0.3) is 11.2 Å². The van der Waals surface area contributed by atoms with Crippen molar-refractivity contribution < 1.29 is 24.0 Å². The molecule has 3 heterocycles. The van der Waals surface area contributed by atoms with Gasteiger partial charge in [-0.3, -0.25) is 4.57 Å². The van der Waals surface area contributed by atoms with E-state index >= 15 is 0 Å². The maximum absolute atomic E-state index is 10.4. The summed E-state index contributed by atoms with van der Waals surface area (Å²) in [6, 6.07) is 0. The summed E-state index contributed by atoms with van der Waals surface area (Å²) in [5.41, 5.74) is 1.53. The second-order valence-electron chi connectivity index (χ2n) is 6.02. The molecule has 0 saturated carbocycles. The van der Waals surface area contributed by atoms with E-state index in [2.05, 4.69) is 39.4 Å². The third-order valence-electron chi connectivity index (χ3n) is 4.08. The quantitative estimate of drug-likeness (QED) is 0.275. The van der Waals surface area contributed by atoms with Gasteiger partial charge in [-0.05, 0) is 0 Å². The second kappa shape index (κ2) is 8.72. The number of thiol groups is 2. The summed E-state index contributed by atoms with van der Waals surface area (Å²) in [4.78, 5) is 12.1. The van der Waals surface area contributed by atoms with Gasteiger partial charge in [0.1, 0.15) is 41.1 Å². The van der Waals surface area contributed by atoms with Crippen molar-refractivity contribution >= 4 is 76.0 Å². The van der Waals surface area contributed by atoms with Crippen molar-refractivity contribution in [3.63, 3.8) is 0 Å². The molecule has 10 nitrogen and oxygen atoms in total. The van der Waals surface area contributed by atoms with Gasteiger partial charge in [0.05, 0.1) is 18.8 Å². The van der Waals surface area contributed by atoms with Crippen LogP contribution in [0, 0.1) is 0 Å². The molecule has 1 saturated heterocycles. The monoisotopic (exact) mass is 503 g/mol. The predicted octanol–water partition coefficient (Wildman–Crippen LogP) is 1.13. The minimum absolute atomic E-state index is 0.0773. The fraction of sp³-hybridized carbons (Fsp3) is 0.583. The lowest BCUT2D eigenvalue weighted by molar-refractivity contribution is -0.0460. The summed E-state index contributed by atoms with van der Waals surface area (Å²) in [7, 11) is 1.47. The molecule has 0 aliphatic carbocycles. The van der Waals surface area contributed by atoms with E-state index in [1.807, 2.05) is 0 Å². The van der Waals surface area contributed by atoms with E-state index in [4.69, 9.17) is 43.1 Å². The summed E-state index contributed by atoms with van der Waals surface area (Å²) in [6.45, 7) is -0.0773. The van der Waals surface area contributed by atoms with E-state index in [9.17, 15) is 10.2 Å². The number of aliphatic hydroxyl groups excluding tert-OH is 2. The van der Waals surface area contributed by atoms with Crippen molar-refractivity contribution in [1.82, 2.24) is 19.5 Å². The molecular weight excluding hydrogens is 484 g/mol. The number of hydrogen-bond donors (Lipinski definition) is 5. The first-order valence-electron chi connectivity index (χ1n) is 7.83. The van der Waals surface area contributed by atoms with Crippen molar-refractivity contribution in [1.29, 1.82) is 0 Å². The molecule has 0 bridgehead atoms. The van der Waals surface area contributed by atoms with Crippen LogP contribution in [0.4, 0.5) is 5.82 Å². The molecule has 6 atom stereocenters. The molecule has 4 N–H and O–H groups in total. The number of hydrogen-bond acceptors (Lipinski definition) is 11. The molecule has 2 aromatic rings. The topological polar surface area (TPSA) is 138 Å². The van der Waals surface area contributed by atoms with Crippen molar-refractivity contribution in [2.24, 2.45) is 0 Å². The van der Waals surface area contributed by atoms with Crippen molar-refractivity contribution in [2.45, 2.75) is 24.5 Å². The van der Waals surface area contributed by atoms with Crippen LogP contribution < -0.4 is 5.73 Å². The Kier molecular flexibility index (Phi) is 7.11. The number of rotatable bonds is 7. The molecular formula is C12H19N5O5P2S4. The van der Waals surface area contributed by atoms with E-state index in [1.165, 1.54) is 24.3 Å². The van der Waals surface area contributed by atoms with Gasteiger partial charge in [-0.15, -0.1) is 24.5 Å². The molecule has 28 heavy (non-hydrogen) atoms. The molecule has 0 radical (unpaired) electrons. The van der Waals surface area contributed by atoms with Gasteiger partial charge in [-0.1, -0.05) is 23.6 Å². The fourth-order valence-electron chi connectivity index (χ4n) is 2.67. The molecule has 1 fully saturated rings. The molecule has 0 aromatic carbocycles. The molecule has 1 aliphatic rings. The molecule has 3 rings (SSSR count). The molecule has 156 valence electrons. The number of aromatic nitrogens is 4. The zero-order valence-corrected chi connectivity index (χ0v) is 19.7. The predicted molar refractivity (Wildman–Crippen MR) is 120 cm³/mol. The van der Waals surface area contributed by atoms with Crippen LogP contribution >= 0.6 is 35.4 Å². The first-order valence-corrected chi connectivity index (χ1v) is 15.9. The fourth-order valence-corrected chi connectivity index (χ4v) is 15.3. The van der Waals surface area contributed by atoms with Gasteiger partial charge < -0.3 is 29.7 Å². The average molecular weight is 504 g/mol. The molecule has 1 aliphatic heterocycles. The Morgan fingerprint density at radius 2 is 1.96 bits per heavy atom. The van der Waals surface area contributed by atoms with E-state index < -0.39 is 35.5 Å². The third kappa shape index (κ3) is 4.89. The Balaban J connectivity index is 1.73. The van der Waals surface area contributed by atoms with Crippen LogP contribution in [0.2, 0.25) is 0 Å². The Morgan fingerprint density at radius 3 is 2.64 bits per heavy atom. The van der Waals surface area contributed by atoms with Crippen LogP contribution in [0.15, 0.2) is 12.7 Å². The Morgan fingerprint density at radius 1 is 1.25 bits per heavy atom. The highest BCUT2D eigenvalue weighted by Crippen LogP contribution is 2.67. The minimum atomic E-state index is -2.61. The SMILES string of the molecule is COP(=S)(S)CP(=S)(S)OCC1OC(n2cnc3c(N)ncnc32)C(O)C1O. The van der Waals surface area contributed by atoms with Crippen LogP contribution in [0.1, 0.15) is 6.23 Å². The number of nitrogens with zero attached hydrogens (tertiary/aromatic N) is 4. The number of anilines is 1. The van der Waals surface area contributed by atoms with Crippen LogP contribution in [0.5, 0.6) is 0 Å². The average Bonchev–Trinajstić information content (AvgIpc) is 3.16. The molecule has 0 spiro atoms. The molecule has 2 aromatic heterocycles. The highest BCUT2D eigenvalue weighted by molar-refractivity contribution is 8.69. The summed E-state index contributed by atoms with van der Waals surface area (Å²) in [5.74, 6) is 0.429. The van der Waals surface area contributed by atoms with E-state index in [0.717, 1.165) is 0 Å². The van der Waals surface area contributed by atoms with Gasteiger partial charge in [0, 0.05) is 7.11 Å². The lowest BCUT2D eigenvalue weighted by Gasteiger charge is -2.24. The van der Waals surface area contributed by atoms with Gasteiger partial charge in [0.25, 0.3) is 0 Å². The van der Waals surface area contributed by atoms with E-state index in [-0.39, 0.29) is 18.3 Å². The first kappa shape index (κ1) is 22.8. The maximum Gasteiger partial charge on any atom is 0.167 e. The van der Waals surface area contributed by atoms with Crippen LogP contribution in [0.3, 0.4) is 0 Å². The number of imidazole rings is 1. The van der Waals surface area contributed by atoms with Gasteiger partial charge in [-0.2, -0.15) is 0 Å². The van der Waals surface area contributed by atoms with Gasteiger partial charge in [-0.25, -0.2) is 15.0 Å². The van der Waals surface area contributed by atoms with Gasteiger partial charge in [0.2, 0.25) is 0 Å². The maximum atomic E-state index is 10.4. The van der Waals surface area contributed by atoms with Crippen molar-refractivity contribution in [3.05, 3.63) is 12.7 Å². The Labute approximate surface area is 181 Å². The highest BCUT2D eigenvalue weighted by atomic mass is 32.9. The smallest absolute Gasteiger partial charge is 0.167 e. The summed E-state index contributed by atoms with van der Waals surface area (Å²) in [6.07, 6.45) is -1.54. The number of nitrogen functional groups attached to an aromatic ring is 1. The lowest BCUT2D eigenvalue weighted by Crippen LogP contribution is -2.33. The standard InChI is InChI=1S/C12H19N5O5P2S4/c1-20-23(25,26)5-24(27,28)21-2-6-8(18)9(19)12(22-6)17-4-16-7-10(13)14-3-15-11(7)17/h3-4,6,8-9,12,18-19H,2,5H2,1H3,(H,25,26)(H,27,28)(H2,13,14,15). The lowest BCUT2D eigenvalue weighted by atomic mass is 10.1. The highest BCUT2D eigenvalue weighted by Gasteiger charge is 2.45. The summed E-state index contributed by atoms with van der Waals surface area (Å²) < 4.78 is 18.1. The van der Waals surface area contributed by atoms with Gasteiger partial charge >= 0.3 is 0 Å². The van der Waals surface area contributed by atoms with Gasteiger partial charge in [0.15, 0.2) is 17.7 Å². The van der Waals surface area contributed by atoms with E-state index in [0.29, 0.717) is 11.2 Å².